The number of rotatable bonds is 6. The molecule has 1 heterocycles. The average molecular weight is 499 g/mol. The molecule has 0 radical (unpaired) electrons. The van der Waals surface area contributed by atoms with Crippen LogP contribution < -0.4 is 5.32 Å². The molecule has 0 spiro atoms. The van der Waals surface area contributed by atoms with Crippen LogP contribution >= 0.6 is 27.7 Å². The molecule has 1 unspecified atom stereocenters. The van der Waals surface area contributed by atoms with Gasteiger partial charge in [-0.2, -0.15) is 4.31 Å². The molecule has 1 saturated heterocycles. The summed E-state index contributed by atoms with van der Waals surface area (Å²) < 4.78 is 33.7. The zero-order valence-corrected chi connectivity index (χ0v) is 19.4. The molecule has 1 aliphatic heterocycles. The second-order valence-corrected chi connectivity index (χ2v) is 10.9. The minimum absolute atomic E-state index is 0.184. The molecule has 0 saturated carbocycles. The van der Waals surface area contributed by atoms with Crippen LogP contribution in [0, 0.1) is 6.92 Å². The summed E-state index contributed by atoms with van der Waals surface area (Å²) in [7, 11) is -3.63. The monoisotopic (exact) mass is 498 g/mol. The fraction of sp³-hybridized carbons (Fsp3) is 0.350. The van der Waals surface area contributed by atoms with Crippen molar-refractivity contribution >= 4 is 49.3 Å². The lowest BCUT2D eigenvalue weighted by atomic mass is 10.2. The maximum Gasteiger partial charge on any atom is 0.243 e. The van der Waals surface area contributed by atoms with Gasteiger partial charge < -0.3 is 10.1 Å². The highest BCUT2D eigenvalue weighted by Gasteiger charge is 2.28. The number of carbonyl (C=O) groups is 1. The van der Waals surface area contributed by atoms with Gasteiger partial charge in [-0.1, -0.05) is 22.0 Å². The summed E-state index contributed by atoms with van der Waals surface area (Å²) in [6, 6.07) is 12.7. The summed E-state index contributed by atoms with van der Waals surface area (Å²) in [4.78, 5) is 13.8. The van der Waals surface area contributed by atoms with E-state index in [9.17, 15) is 13.2 Å². The summed E-state index contributed by atoms with van der Waals surface area (Å²) in [5.41, 5.74) is 1.11. The number of hydrogen-bond donors (Lipinski definition) is 1. The van der Waals surface area contributed by atoms with Gasteiger partial charge in [0.05, 0.1) is 23.4 Å². The van der Waals surface area contributed by atoms with Gasteiger partial charge in [-0.25, -0.2) is 8.42 Å². The molecule has 2 aromatic rings. The maximum absolute atomic E-state index is 13.0. The molecule has 1 N–H and O–H groups in total. The summed E-state index contributed by atoms with van der Waals surface area (Å²) in [6.45, 7) is 5.02. The molecule has 3 rings (SSSR count). The van der Waals surface area contributed by atoms with E-state index in [-0.39, 0.29) is 16.1 Å². The number of nitrogens with one attached hydrogen (secondary N) is 1. The summed E-state index contributed by atoms with van der Waals surface area (Å²) in [6.07, 6.45) is 0. The Morgan fingerprint density at radius 3 is 2.48 bits per heavy atom. The molecule has 1 amide bonds. The van der Waals surface area contributed by atoms with Crippen LogP contribution in [0.3, 0.4) is 0 Å². The molecule has 6 nitrogen and oxygen atoms in total. The SMILES string of the molecule is Cc1ccc(NC(=O)C(C)Sc2ccc(Br)cc2)cc1S(=O)(=O)N1CCOCC1. The number of morpholine rings is 1. The topological polar surface area (TPSA) is 75.7 Å². The van der Waals surface area contributed by atoms with Crippen molar-refractivity contribution in [2.75, 3.05) is 31.6 Å². The van der Waals surface area contributed by atoms with Gasteiger partial charge in [-0.15, -0.1) is 11.8 Å². The molecule has 29 heavy (non-hydrogen) atoms. The Kier molecular flexibility index (Phi) is 7.39. The Morgan fingerprint density at radius 1 is 1.17 bits per heavy atom. The zero-order chi connectivity index (χ0) is 21.0. The van der Waals surface area contributed by atoms with Crippen molar-refractivity contribution in [3.63, 3.8) is 0 Å². The van der Waals surface area contributed by atoms with Gasteiger partial charge in [0.2, 0.25) is 15.9 Å². The van der Waals surface area contributed by atoms with Gasteiger partial charge in [-0.05, 0) is 55.8 Å². The number of thioether (sulfide) groups is 1. The molecule has 9 heteroatoms. The molecule has 2 aromatic carbocycles. The van der Waals surface area contributed by atoms with E-state index < -0.39 is 10.0 Å². The van der Waals surface area contributed by atoms with Crippen molar-refractivity contribution in [1.29, 1.82) is 0 Å². The van der Waals surface area contributed by atoms with E-state index in [4.69, 9.17) is 4.74 Å². The molecule has 1 aliphatic rings. The van der Waals surface area contributed by atoms with Crippen LogP contribution in [0.15, 0.2) is 56.7 Å². The number of carbonyl (C=O) groups excluding carboxylic acids is 1. The highest BCUT2D eigenvalue weighted by molar-refractivity contribution is 9.10. The van der Waals surface area contributed by atoms with Crippen molar-refractivity contribution in [1.82, 2.24) is 4.31 Å². The summed E-state index contributed by atoms with van der Waals surface area (Å²) in [5, 5.41) is 2.50. The minimum atomic E-state index is -3.63. The van der Waals surface area contributed by atoms with Crippen LogP contribution in [-0.4, -0.2) is 50.2 Å². The van der Waals surface area contributed by atoms with Crippen LogP contribution in [0.25, 0.3) is 0 Å². The van der Waals surface area contributed by atoms with Crippen LogP contribution in [-0.2, 0) is 19.6 Å². The van der Waals surface area contributed by atoms with E-state index in [0.29, 0.717) is 37.6 Å². The number of halogens is 1. The Labute approximate surface area is 184 Å². The largest absolute Gasteiger partial charge is 0.379 e. The zero-order valence-electron chi connectivity index (χ0n) is 16.2. The molecule has 0 aliphatic carbocycles. The Balaban J connectivity index is 1.73. The smallest absolute Gasteiger partial charge is 0.243 e. The van der Waals surface area contributed by atoms with Crippen molar-refractivity contribution in [2.45, 2.75) is 28.9 Å². The lowest BCUT2D eigenvalue weighted by Gasteiger charge is -2.27. The van der Waals surface area contributed by atoms with Crippen LogP contribution in [0.4, 0.5) is 5.69 Å². The minimum Gasteiger partial charge on any atom is -0.379 e. The molecule has 0 aromatic heterocycles. The Morgan fingerprint density at radius 2 is 1.83 bits per heavy atom. The molecule has 1 atom stereocenters. The van der Waals surface area contributed by atoms with Crippen LogP contribution in [0.5, 0.6) is 0 Å². The highest BCUT2D eigenvalue weighted by Crippen LogP contribution is 2.27. The van der Waals surface area contributed by atoms with Crippen molar-refractivity contribution in [3.05, 3.63) is 52.5 Å². The van der Waals surface area contributed by atoms with Gasteiger partial charge >= 0.3 is 0 Å². The first-order chi connectivity index (χ1) is 13.8. The number of amides is 1. The second kappa shape index (κ2) is 9.61. The van der Waals surface area contributed by atoms with Gasteiger partial charge in [0.1, 0.15) is 0 Å². The first kappa shape index (κ1) is 22.3. The summed E-state index contributed by atoms with van der Waals surface area (Å²) >= 11 is 4.84. The molecular formula is C20H23BrN2O4S2. The highest BCUT2D eigenvalue weighted by atomic mass is 79.9. The molecule has 0 bridgehead atoms. The third-order valence-electron chi connectivity index (χ3n) is 4.54. The fourth-order valence-electron chi connectivity index (χ4n) is 2.90. The number of sulfonamides is 1. The lowest BCUT2D eigenvalue weighted by Crippen LogP contribution is -2.40. The van der Waals surface area contributed by atoms with Crippen LogP contribution in [0.1, 0.15) is 12.5 Å². The molecular weight excluding hydrogens is 476 g/mol. The standard InChI is InChI=1S/C20H23BrN2O4S2/c1-14-3-6-17(13-19(14)29(25,26)23-9-11-27-12-10-23)22-20(24)15(2)28-18-7-4-16(21)5-8-18/h3-8,13,15H,9-12H2,1-2H3,(H,22,24). The van der Waals surface area contributed by atoms with E-state index in [2.05, 4.69) is 21.2 Å². The van der Waals surface area contributed by atoms with E-state index >= 15 is 0 Å². The predicted octanol–water partition coefficient (Wildman–Crippen LogP) is 3.90. The van der Waals surface area contributed by atoms with Crippen molar-refractivity contribution in [3.8, 4) is 0 Å². The average Bonchev–Trinajstić information content (AvgIpc) is 2.71. The van der Waals surface area contributed by atoms with Gasteiger partial charge in [0.25, 0.3) is 0 Å². The van der Waals surface area contributed by atoms with Gasteiger partial charge in [-0.3, -0.25) is 4.79 Å². The third kappa shape index (κ3) is 5.61. The number of hydrogen-bond acceptors (Lipinski definition) is 5. The van der Waals surface area contributed by atoms with Crippen molar-refractivity contribution < 1.29 is 17.9 Å². The lowest BCUT2D eigenvalue weighted by molar-refractivity contribution is -0.115. The fourth-order valence-corrected chi connectivity index (χ4v) is 5.69. The number of nitrogens with zero attached hydrogens (tertiary/aromatic N) is 1. The molecule has 1 fully saturated rings. The number of anilines is 1. The van der Waals surface area contributed by atoms with Gasteiger partial charge in [0, 0.05) is 28.1 Å². The predicted molar refractivity (Wildman–Crippen MR) is 119 cm³/mol. The first-order valence-corrected chi connectivity index (χ1v) is 12.3. The maximum atomic E-state index is 13.0. The van der Waals surface area contributed by atoms with Crippen molar-refractivity contribution in [2.24, 2.45) is 0 Å². The second-order valence-electron chi connectivity index (χ2n) is 6.70. The van der Waals surface area contributed by atoms with Gasteiger partial charge in [0.15, 0.2) is 0 Å². The van der Waals surface area contributed by atoms with E-state index in [1.807, 2.05) is 31.2 Å². The normalized spacial score (nSPS) is 16.4. The van der Waals surface area contributed by atoms with E-state index in [1.165, 1.54) is 22.1 Å². The number of aryl methyl sites for hydroxylation is 1. The first-order valence-electron chi connectivity index (χ1n) is 9.19. The van der Waals surface area contributed by atoms with E-state index in [0.717, 1.165) is 9.37 Å². The number of benzene rings is 2. The summed E-state index contributed by atoms with van der Waals surface area (Å²) in [5.74, 6) is -0.184. The van der Waals surface area contributed by atoms with E-state index in [1.54, 1.807) is 19.1 Å². The Bertz CT molecular complexity index is 974. The quantitative estimate of drug-likeness (QED) is 0.611. The third-order valence-corrected chi connectivity index (χ3v) is 8.22. The Hall–Kier alpha value is -1.39. The number of ether oxygens (including phenoxy) is 1. The molecule has 156 valence electrons. The van der Waals surface area contributed by atoms with Crippen LogP contribution in [0.2, 0.25) is 0 Å².